The first-order chi connectivity index (χ1) is 40.5. The van der Waals surface area contributed by atoms with Crippen molar-refractivity contribution < 1.29 is 24.5 Å². The zero-order valence-electron chi connectivity index (χ0n) is 55.8. The molecule has 0 rings (SSSR count). The fourth-order valence-electron chi connectivity index (χ4n) is 12.0. The van der Waals surface area contributed by atoms with Gasteiger partial charge in [0.05, 0.1) is 25.4 Å². The summed E-state index contributed by atoms with van der Waals surface area (Å²) >= 11 is 0. The number of unbranched alkanes of at least 4 members (excludes halogenated alkanes) is 56. The summed E-state index contributed by atoms with van der Waals surface area (Å²) < 4.78 is 5.49. The van der Waals surface area contributed by atoms with Crippen molar-refractivity contribution in [2.45, 2.75) is 437 Å². The smallest absolute Gasteiger partial charge is 0.305 e. The van der Waals surface area contributed by atoms with Crippen LogP contribution < -0.4 is 5.32 Å². The molecule has 0 radical (unpaired) electrons. The van der Waals surface area contributed by atoms with E-state index in [1.807, 2.05) is 0 Å². The standard InChI is InChI=1S/C76H147NO5/c1-3-5-7-9-11-13-15-17-19-21-22-23-28-31-34-37-40-44-48-52-56-60-64-68-74(79)73(72-78)77-75(80)69-65-61-57-53-49-45-41-38-35-32-29-26-24-25-27-30-33-36-39-43-47-51-55-59-63-67-71-82-76(81)70-66-62-58-54-50-46-42-20-18-16-14-12-10-8-6-4-2/h14,16,20,42,73-74,78-79H,3-13,15,17-19,21-41,43-72H2,1-2H3,(H,77,80)/b16-14-,42-20-. The monoisotopic (exact) mass is 1150 g/mol. The van der Waals surface area contributed by atoms with Crippen molar-refractivity contribution in [2.75, 3.05) is 13.2 Å². The summed E-state index contributed by atoms with van der Waals surface area (Å²) in [4.78, 5) is 24.7. The van der Waals surface area contributed by atoms with E-state index in [2.05, 4.69) is 43.5 Å². The van der Waals surface area contributed by atoms with Crippen LogP contribution in [0.3, 0.4) is 0 Å². The highest BCUT2D eigenvalue weighted by atomic mass is 16.5. The predicted octanol–water partition coefficient (Wildman–Crippen LogP) is 24.5. The largest absolute Gasteiger partial charge is 0.466 e. The zero-order chi connectivity index (χ0) is 59.2. The summed E-state index contributed by atoms with van der Waals surface area (Å²) in [6.07, 6.45) is 91.0. The van der Waals surface area contributed by atoms with Crippen molar-refractivity contribution in [2.24, 2.45) is 0 Å². The topological polar surface area (TPSA) is 95.9 Å². The molecular formula is C76H147NO5. The van der Waals surface area contributed by atoms with Crippen LogP contribution in [0.25, 0.3) is 0 Å². The Labute approximate surface area is 513 Å². The van der Waals surface area contributed by atoms with E-state index in [4.69, 9.17) is 4.74 Å². The highest BCUT2D eigenvalue weighted by Gasteiger charge is 2.20. The summed E-state index contributed by atoms with van der Waals surface area (Å²) in [7, 11) is 0. The quantitative estimate of drug-likeness (QED) is 0.0320. The first kappa shape index (κ1) is 80.3. The molecule has 0 saturated carbocycles. The van der Waals surface area contributed by atoms with Gasteiger partial charge in [0, 0.05) is 12.8 Å². The number of allylic oxidation sites excluding steroid dienone is 4. The van der Waals surface area contributed by atoms with Gasteiger partial charge in [-0.25, -0.2) is 0 Å². The highest BCUT2D eigenvalue weighted by molar-refractivity contribution is 5.76. The van der Waals surface area contributed by atoms with Gasteiger partial charge >= 0.3 is 5.97 Å². The van der Waals surface area contributed by atoms with Crippen molar-refractivity contribution in [1.29, 1.82) is 0 Å². The Hall–Kier alpha value is -1.66. The second-order valence-electron chi connectivity index (χ2n) is 26.0. The lowest BCUT2D eigenvalue weighted by molar-refractivity contribution is -0.143. The number of carbonyl (C=O) groups is 2. The van der Waals surface area contributed by atoms with Crippen LogP contribution in [-0.4, -0.2) is 47.4 Å². The Morgan fingerprint density at radius 2 is 0.610 bits per heavy atom. The number of amides is 1. The summed E-state index contributed by atoms with van der Waals surface area (Å²) in [6.45, 7) is 4.98. The molecule has 0 fully saturated rings. The Balaban J connectivity index is 3.36. The van der Waals surface area contributed by atoms with Crippen LogP contribution >= 0.6 is 0 Å². The van der Waals surface area contributed by atoms with Crippen LogP contribution in [-0.2, 0) is 14.3 Å². The molecule has 0 aliphatic carbocycles. The van der Waals surface area contributed by atoms with Gasteiger partial charge in [0.2, 0.25) is 5.91 Å². The van der Waals surface area contributed by atoms with E-state index in [0.29, 0.717) is 25.9 Å². The van der Waals surface area contributed by atoms with Crippen LogP contribution in [0.15, 0.2) is 24.3 Å². The lowest BCUT2D eigenvalue weighted by atomic mass is 10.0. The molecule has 0 aromatic heterocycles. The number of aliphatic hydroxyl groups excluding tert-OH is 2. The molecule has 2 unspecified atom stereocenters. The molecule has 2 atom stereocenters. The van der Waals surface area contributed by atoms with E-state index in [1.165, 1.54) is 340 Å². The van der Waals surface area contributed by atoms with Crippen LogP contribution in [0, 0.1) is 0 Å². The predicted molar refractivity (Wildman–Crippen MR) is 361 cm³/mol. The summed E-state index contributed by atoms with van der Waals surface area (Å²) in [5.74, 6) is -0.0228. The molecule has 0 aromatic carbocycles. The molecule has 3 N–H and O–H groups in total. The highest BCUT2D eigenvalue weighted by Crippen LogP contribution is 2.20. The lowest BCUT2D eigenvalue weighted by Gasteiger charge is -2.22. The SMILES string of the molecule is CCCCCC/C=C\C/C=C\CCCCCCCC(=O)OCCCCCCCCCCCCCCCCCCCCCCCCCCCCC(=O)NC(CO)C(O)CCCCCCCCCCCCCCCCCCCCCCCCC. The number of nitrogens with one attached hydrogen (secondary N) is 1. The number of esters is 1. The van der Waals surface area contributed by atoms with Crippen LogP contribution in [0.1, 0.15) is 425 Å². The first-order valence-electron chi connectivity index (χ1n) is 37.6. The maximum Gasteiger partial charge on any atom is 0.305 e. The number of carbonyl (C=O) groups excluding carboxylic acids is 2. The molecule has 486 valence electrons. The number of ether oxygens (including phenoxy) is 1. The summed E-state index contributed by atoms with van der Waals surface area (Å²) in [6, 6.07) is -0.541. The van der Waals surface area contributed by atoms with Crippen molar-refractivity contribution in [3.63, 3.8) is 0 Å². The van der Waals surface area contributed by atoms with Crippen molar-refractivity contribution in [3.8, 4) is 0 Å². The van der Waals surface area contributed by atoms with Gasteiger partial charge in [-0.05, 0) is 57.8 Å². The zero-order valence-corrected chi connectivity index (χ0v) is 55.8. The number of rotatable bonds is 71. The molecule has 0 aliphatic rings. The molecule has 0 aromatic rings. The van der Waals surface area contributed by atoms with Crippen LogP contribution in [0.5, 0.6) is 0 Å². The van der Waals surface area contributed by atoms with Crippen LogP contribution in [0.2, 0.25) is 0 Å². The fourth-order valence-corrected chi connectivity index (χ4v) is 12.0. The van der Waals surface area contributed by atoms with E-state index in [0.717, 1.165) is 51.4 Å². The van der Waals surface area contributed by atoms with E-state index >= 15 is 0 Å². The second kappa shape index (κ2) is 71.8. The molecule has 6 heteroatoms. The number of hydrogen-bond donors (Lipinski definition) is 3. The molecule has 0 saturated heterocycles. The Bertz CT molecular complexity index is 1280. The molecule has 0 aliphatic heterocycles. The van der Waals surface area contributed by atoms with Gasteiger partial charge in [0.1, 0.15) is 0 Å². The maximum absolute atomic E-state index is 12.6. The lowest BCUT2D eigenvalue weighted by Crippen LogP contribution is -2.45. The third-order valence-electron chi connectivity index (χ3n) is 17.8. The second-order valence-corrected chi connectivity index (χ2v) is 26.0. The average Bonchev–Trinajstić information content (AvgIpc) is 3.48. The van der Waals surface area contributed by atoms with E-state index in [1.54, 1.807) is 0 Å². The molecular weight excluding hydrogens is 1010 g/mol. The van der Waals surface area contributed by atoms with Crippen molar-refractivity contribution in [1.82, 2.24) is 5.32 Å². The van der Waals surface area contributed by atoms with E-state index < -0.39 is 12.1 Å². The summed E-state index contributed by atoms with van der Waals surface area (Å²) in [5.41, 5.74) is 0. The molecule has 6 nitrogen and oxygen atoms in total. The minimum absolute atomic E-state index is 0.00484. The minimum Gasteiger partial charge on any atom is -0.466 e. The van der Waals surface area contributed by atoms with Gasteiger partial charge in [-0.2, -0.15) is 0 Å². The van der Waals surface area contributed by atoms with Gasteiger partial charge in [-0.1, -0.05) is 378 Å². The average molecular weight is 1160 g/mol. The Kier molecular flexibility index (Phi) is 70.4. The van der Waals surface area contributed by atoms with Gasteiger partial charge in [-0.15, -0.1) is 0 Å². The third-order valence-corrected chi connectivity index (χ3v) is 17.8. The Morgan fingerprint density at radius 3 is 0.939 bits per heavy atom. The number of hydrogen-bond acceptors (Lipinski definition) is 5. The molecule has 0 spiro atoms. The van der Waals surface area contributed by atoms with Gasteiger partial charge in [-0.3, -0.25) is 9.59 Å². The fraction of sp³-hybridized carbons (Fsp3) is 0.921. The molecule has 0 heterocycles. The third kappa shape index (κ3) is 67.5. The maximum atomic E-state index is 12.6. The van der Waals surface area contributed by atoms with Crippen molar-refractivity contribution >= 4 is 11.9 Å². The normalized spacial score (nSPS) is 12.6. The molecule has 82 heavy (non-hydrogen) atoms. The van der Waals surface area contributed by atoms with Crippen LogP contribution in [0.4, 0.5) is 0 Å². The van der Waals surface area contributed by atoms with Gasteiger partial charge in [0.25, 0.3) is 0 Å². The van der Waals surface area contributed by atoms with E-state index in [-0.39, 0.29) is 18.5 Å². The molecule has 0 bridgehead atoms. The minimum atomic E-state index is -0.664. The van der Waals surface area contributed by atoms with Crippen molar-refractivity contribution in [3.05, 3.63) is 24.3 Å². The number of aliphatic hydroxyl groups is 2. The molecule has 1 amide bonds. The van der Waals surface area contributed by atoms with Gasteiger partial charge < -0.3 is 20.3 Å². The first-order valence-corrected chi connectivity index (χ1v) is 37.6. The summed E-state index contributed by atoms with van der Waals surface area (Å²) in [5, 5.41) is 23.5. The van der Waals surface area contributed by atoms with Gasteiger partial charge in [0.15, 0.2) is 0 Å². The van der Waals surface area contributed by atoms with E-state index in [9.17, 15) is 19.8 Å². The Morgan fingerprint density at radius 1 is 0.341 bits per heavy atom.